The number of rotatable bonds is 13. The first-order chi connectivity index (χ1) is 12.8. The van der Waals surface area contributed by atoms with Gasteiger partial charge in [-0.1, -0.05) is 58.8 Å². The summed E-state index contributed by atoms with van der Waals surface area (Å²) in [7, 11) is 2.35. The van der Waals surface area contributed by atoms with Crippen LogP contribution in [-0.4, -0.2) is 51.4 Å². The Morgan fingerprint density at radius 1 is 1.00 bits per heavy atom. The smallest absolute Gasteiger partial charge is 0.327 e. The summed E-state index contributed by atoms with van der Waals surface area (Å²) in [6.45, 7) is 1.68. The first-order valence-electron chi connectivity index (χ1n) is 8.38. The van der Waals surface area contributed by atoms with Crippen LogP contribution >= 0.6 is 21.6 Å². The molecule has 1 aromatic carbocycles. The summed E-state index contributed by atoms with van der Waals surface area (Å²) >= 11 is 0. The van der Waals surface area contributed by atoms with E-state index in [0.29, 0.717) is 0 Å². The first-order valence-corrected chi connectivity index (χ1v) is 10.9. The number of hydrogen-bond acceptors (Lipinski definition) is 6. The third-order valence-corrected chi connectivity index (χ3v) is 6.14. The molecule has 1 rings (SSSR count). The number of carbonyl (C=O) groups is 4. The summed E-state index contributed by atoms with van der Waals surface area (Å²) < 4.78 is 0. The van der Waals surface area contributed by atoms with Crippen molar-refractivity contribution in [2.75, 3.05) is 11.5 Å². The highest BCUT2D eigenvalue weighted by molar-refractivity contribution is 8.76. The van der Waals surface area contributed by atoms with Gasteiger partial charge in [0.2, 0.25) is 5.91 Å². The number of benzene rings is 1. The quantitative estimate of drug-likeness (QED) is 0.333. The van der Waals surface area contributed by atoms with Crippen LogP contribution in [0.5, 0.6) is 0 Å². The third kappa shape index (κ3) is 9.48. The van der Waals surface area contributed by atoms with E-state index < -0.39 is 29.8 Å². The molecule has 0 spiro atoms. The maximum Gasteiger partial charge on any atom is 0.327 e. The molecule has 1 amide bonds. The van der Waals surface area contributed by atoms with E-state index in [9.17, 15) is 24.3 Å². The van der Waals surface area contributed by atoms with Crippen molar-refractivity contribution in [2.24, 2.45) is 5.92 Å². The van der Waals surface area contributed by atoms with Gasteiger partial charge in [0.25, 0.3) is 0 Å². The Hall–Kier alpha value is -2.00. The third-order valence-electron chi connectivity index (χ3n) is 3.65. The highest BCUT2D eigenvalue weighted by Crippen LogP contribution is 2.26. The standard InChI is InChI=1S/C18H23NO6S2/c1-2-14(20)9-13(17(22)23)10-26-27-11-15(18(24)25)19-16(21)8-12-6-4-3-5-7-12/h3-7,13,15H,2,8-11H2,1H3,(H,19,21)(H,22,23)(H,24,25). The molecule has 1 aromatic rings. The van der Waals surface area contributed by atoms with E-state index in [2.05, 4.69) is 5.32 Å². The van der Waals surface area contributed by atoms with Crippen LogP contribution < -0.4 is 5.32 Å². The van der Waals surface area contributed by atoms with Crippen LogP contribution in [0.1, 0.15) is 25.3 Å². The fraction of sp³-hybridized carbons (Fsp3) is 0.444. The zero-order valence-corrected chi connectivity index (χ0v) is 16.6. The van der Waals surface area contributed by atoms with Gasteiger partial charge in [0, 0.05) is 24.3 Å². The number of carbonyl (C=O) groups excluding carboxylic acids is 2. The summed E-state index contributed by atoms with van der Waals surface area (Å²) in [6, 6.07) is 7.91. The minimum absolute atomic E-state index is 0.0322. The Labute approximate surface area is 165 Å². The van der Waals surface area contributed by atoms with Gasteiger partial charge >= 0.3 is 11.9 Å². The van der Waals surface area contributed by atoms with Gasteiger partial charge in [-0.2, -0.15) is 0 Å². The molecule has 0 aliphatic rings. The molecule has 0 aliphatic heterocycles. The average molecular weight is 414 g/mol. The van der Waals surface area contributed by atoms with E-state index in [-0.39, 0.29) is 36.6 Å². The first kappa shape index (κ1) is 23.0. The van der Waals surface area contributed by atoms with Gasteiger partial charge in [0.1, 0.15) is 11.8 Å². The minimum Gasteiger partial charge on any atom is -0.481 e. The molecule has 0 radical (unpaired) electrons. The molecule has 27 heavy (non-hydrogen) atoms. The average Bonchev–Trinajstić information content (AvgIpc) is 2.63. The largest absolute Gasteiger partial charge is 0.481 e. The lowest BCUT2D eigenvalue weighted by molar-refractivity contribution is -0.142. The van der Waals surface area contributed by atoms with Crippen LogP contribution in [0.3, 0.4) is 0 Å². The molecule has 0 fully saturated rings. The number of aliphatic carboxylic acids is 2. The summed E-state index contributed by atoms with van der Waals surface area (Å²) in [6.07, 6.45) is 0.342. The van der Waals surface area contributed by atoms with Crippen LogP contribution in [-0.2, 0) is 25.6 Å². The molecular formula is C18H23NO6S2. The van der Waals surface area contributed by atoms with Crippen molar-refractivity contribution in [3.8, 4) is 0 Å². The summed E-state index contributed by atoms with van der Waals surface area (Å²) in [5, 5.41) is 20.9. The van der Waals surface area contributed by atoms with Crippen molar-refractivity contribution in [2.45, 2.75) is 32.2 Å². The molecule has 3 N–H and O–H groups in total. The van der Waals surface area contributed by atoms with Gasteiger partial charge in [-0.15, -0.1) is 0 Å². The van der Waals surface area contributed by atoms with E-state index >= 15 is 0 Å². The molecule has 2 atom stereocenters. The van der Waals surface area contributed by atoms with Crippen LogP contribution in [0.15, 0.2) is 30.3 Å². The Balaban J connectivity index is 2.43. The molecule has 0 bridgehead atoms. The molecule has 0 aromatic heterocycles. The van der Waals surface area contributed by atoms with Gasteiger partial charge in [-0.05, 0) is 5.56 Å². The summed E-state index contributed by atoms with van der Waals surface area (Å²) in [5.74, 6) is -3.23. The highest BCUT2D eigenvalue weighted by atomic mass is 33.1. The zero-order chi connectivity index (χ0) is 20.2. The van der Waals surface area contributed by atoms with E-state index in [1.807, 2.05) is 6.07 Å². The van der Waals surface area contributed by atoms with Crippen molar-refractivity contribution in [3.63, 3.8) is 0 Å². The van der Waals surface area contributed by atoms with Crippen LogP contribution in [0.4, 0.5) is 0 Å². The van der Waals surface area contributed by atoms with E-state index in [1.165, 1.54) is 10.8 Å². The van der Waals surface area contributed by atoms with E-state index in [0.717, 1.165) is 16.4 Å². The molecule has 0 aliphatic carbocycles. The molecule has 2 unspecified atom stereocenters. The predicted octanol–water partition coefficient (Wildman–Crippen LogP) is 2.25. The predicted molar refractivity (Wildman–Crippen MR) is 106 cm³/mol. The number of carboxylic acids is 2. The van der Waals surface area contributed by atoms with Gasteiger partial charge in [0.05, 0.1) is 12.3 Å². The van der Waals surface area contributed by atoms with Crippen molar-refractivity contribution < 1.29 is 29.4 Å². The second-order valence-electron chi connectivity index (χ2n) is 5.82. The molecular weight excluding hydrogens is 390 g/mol. The maximum absolute atomic E-state index is 12.0. The molecule has 7 nitrogen and oxygen atoms in total. The number of hydrogen-bond donors (Lipinski definition) is 3. The van der Waals surface area contributed by atoms with Crippen LogP contribution in [0.25, 0.3) is 0 Å². The van der Waals surface area contributed by atoms with Crippen molar-refractivity contribution in [1.29, 1.82) is 0 Å². The summed E-state index contributed by atoms with van der Waals surface area (Å²) in [5.41, 5.74) is 0.783. The number of nitrogens with one attached hydrogen (secondary N) is 1. The number of amides is 1. The Morgan fingerprint density at radius 2 is 1.63 bits per heavy atom. The number of Topliss-reactive ketones (excluding diaryl/α,β-unsaturated/α-hetero) is 1. The zero-order valence-electron chi connectivity index (χ0n) is 14.9. The fourth-order valence-corrected chi connectivity index (χ4v) is 4.54. The lowest BCUT2D eigenvalue weighted by Crippen LogP contribution is -2.43. The number of carboxylic acid groups (broad SMARTS) is 2. The normalized spacial score (nSPS) is 12.8. The lowest BCUT2D eigenvalue weighted by atomic mass is 10.0. The topological polar surface area (TPSA) is 121 Å². The Bertz CT molecular complexity index is 653. The van der Waals surface area contributed by atoms with Crippen LogP contribution in [0, 0.1) is 5.92 Å². The number of ketones is 1. The van der Waals surface area contributed by atoms with E-state index in [4.69, 9.17) is 5.11 Å². The second kappa shape index (κ2) is 12.4. The molecule has 0 heterocycles. The molecule has 9 heteroatoms. The molecule has 0 saturated heterocycles. The van der Waals surface area contributed by atoms with Crippen LogP contribution in [0.2, 0.25) is 0 Å². The SMILES string of the molecule is CCC(=O)CC(CSSCC(NC(=O)Cc1ccccc1)C(=O)O)C(=O)O. The summed E-state index contributed by atoms with van der Waals surface area (Å²) in [4.78, 5) is 45.9. The lowest BCUT2D eigenvalue weighted by Gasteiger charge is -2.15. The van der Waals surface area contributed by atoms with Gasteiger partial charge in [-0.25, -0.2) is 4.79 Å². The van der Waals surface area contributed by atoms with Gasteiger partial charge < -0.3 is 15.5 Å². The fourth-order valence-electron chi connectivity index (χ4n) is 2.08. The van der Waals surface area contributed by atoms with Crippen molar-refractivity contribution in [1.82, 2.24) is 5.32 Å². The van der Waals surface area contributed by atoms with Gasteiger partial charge in [-0.3, -0.25) is 14.4 Å². The molecule has 148 valence electrons. The monoisotopic (exact) mass is 413 g/mol. The Morgan fingerprint density at radius 3 is 2.19 bits per heavy atom. The van der Waals surface area contributed by atoms with Gasteiger partial charge in [0.15, 0.2) is 0 Å². The Kier molecular flexibility index (Phi) is 10.6. The second-order valence-corrected chi connectivity index (χ2v) is 8.37. The van der Waals surface area contributed by atoms with Crippen molar-refractivity contribution in [3.05, 3.63) is 35.9 Å². The minimum atomic E-state index is -1.15. The van der Waals surface area contributed by atoms with E-state index in [1.54, 1.807) is 31.2 Å². The maximum atomic E-state index is 12.0. The molecule has 0 saturated carbocycles. The van der Waals surface area contributed by atoms with Crippen molar-refractivity contribution >= 4 is 45.2 Å². The highest BCUT2D eigenvalue weighted by Gasteiger charge is 2.23.